The predicted octanol–water partition coefficient (Wildman–Crippen LogP) is 3.64. The van der Waals surface area contributed by atoms with Gasteiger partial charge in [-0.3, -0.25) is 9.78 Å². The van der Waals surface area contributed by atoms with Gasteiger partial charge in [-0.25, -0.2) is 0 Å². The summed E-state index contributed by atoms with van der Waals surface area (Å²) >= 11 is 0. The fourth-order valence-corrected chi connectivity index (χ4v) is 1.51. The first-order valence-corrected chi connectivity index (χ1v) is 6.79. The Morgan fingerprint density at radius 2 is 1.95 bits per heavy atom. The predicted molar refractivity (Wildman–Crippen MR) is 81.2 cm³/mol. The lowest BCUT2D eigenvalue weighted by atomic mass is 10.2. The van der Waals surface area contributed by atoms with Crippen LogP contribution in [0.25, 0.3) is 0 Å². The maximum absolute atomic E-state index is 10.5. The van der Waals surface area contributed by atoms with E-state index in [2.05, 4.69) is 23.2 Å². The summed E-state index contributed by atoms with van der Waals surface area (Å²) in [4.78, 5) is 14.8. The number of allylic oxidation sites excluding steroid dienone is 5. The lowest BCUT2D eigenvalue weighted by Crippen LogP contribution is -1.96. The van der Waals surface area contributed by atoms with Gasteiger partial charge in [0.05, 0.1) is 0 Å². The third kappa shape index (κ3) is 8.86. The first kappa shape index (κ1) is 15.9. The minimum Gasteiger partial charge on any atom is -0.462 e. The Bertz CT molecular complexity index is 461. The Morgan fingerprint density at radius 3 is 2.70 bits per heavy atom. The lowest BCUT2D eigenvalue weighted by molar-refractivity contribution is -0.139. The number of ether oxygens (including phenoxy) is 1. The molecule has 0 fully saturated rings. The van der Waals surface area contributed by atoms with Crippen LogP contribution in [0.2, 0.25) is 0 Å². The van der Waals surface area contributed by atoms with E-state index in [4.69, 9.17) is 4.74 Å². The van der Waals surface area contributed by atoms with Crippen molar-refractivity contribution in [2.24, 2.45) is 0 Å². The lowest BCUT2D eigenvalue weighted by Gasteiger charge is -1.93. The molecule has 0 aromatic carbocycles. The minimum absolute atomic E-state index is 0.253. The van der Waals surface area contributed by atoms with Crippen molar-refractivity contribution in [1.82, 2.24) is 4.98 Å². The summed E-state index contributed by atoms with van der Waals surface area (Å²) in [6, 6.07) is 5.95. The summed E-state index contributed by atoms with van der Waals surface area (Å²) in [6.07, 6.45) is 16.8. The summed E-state index contributed by atoms with van der Waals surface area (Å²) in [5, 5.41) is 0. The average Bonchev–Trinajstić information content (AvgIpc) is 2.45. The van der Waals surface area contributed by atoms with Crippen molar-refractivity contribution >= 4 is 5.97 Å². The van der Waals surface area contributed by atoms with Gasteiger partial charge in [0.1, 0.15) is 6.61 Å². The van der Waals surface area contributed by atoms with Crippen molar-refractivity contribution in [3.8, 4) is 0 Å². The number of hydrogen-bond acceptors (Lipinski definition) is 3. The van der Waals surface area contributed by atoms with Crippen LogP contribution in [-0.2, 0) is 16.0 Å². The topological polar surface area (TPSA) is 39.2 Å². The van der Waals surface area contributed by atoms with Gasteiger partial charge in [0, 0.05) is 25.2 Å². The van der Waals surface area contributed by atoms with E-state index in [1.165, 1.54) is 6.92 Å². The van der Waals surface area contributed by atoms with Crippen LogP contribution in [0.1, 0.15) is 25.5 Å². The van der Waals surface area contributed by atoms with Crippen molar-refractivity contribution in [2.75, 3.05) is 6.61 Å². The maximum atomic E-state index is 10.5. The van der Waals surface area contributed by atoms with Gasteiger partial charge in [0.25, 0.3) is 0 Å². The monoisotopic (exact) mass is 271 g/mol. The highest BCUT2D eigenvalue weighted by Crippen LogP contribution is 1.98. The number of carbonyl (C=O) groups excluding carboxylic acids is 1. The van der Waals surface area contributed by atoms with Crippen LogP contribution in [0.15, 0.2) is 60.9 Å². The SMILES string of the molecule is CC(=O)OC/C=C/C=C/CC/C=C/Cc1ccccn1. The molecule has 106 valence electrons. The molecule has 0 unspecified atom stereocenters. The molecule has 1 aromatic rings. The Balaban J connectivity index is 2.05. The van der Waals surface area contributed by atoms with Crippen LogP contribution >= 0.6 is 0 Å². The van der Waals surface area contributed by atoms with Crippen LogP contribution in [0.5, 0.6) is 0 Å². The molecule has 0 bridgehead atoms. The van der Waals surface area contributed by atoms with E-state index in [0.717, 1.165) is 25.0 Å². The van der Waals surface area contributed by atoms with E-state index in [9.17, 15) is 4.79 Å². The van der Waals surface area contributed by atoms with Gasteiger partial charge >= 0.3 is 5.97 Å². The summed E-state index contributed by atoms with van der Waals surface area (Å²) in [6.45, 7) is 1.74. The third-order valence-corrected chi connectivity index (χ3v) is 2.49. The molecular weight excluding hydrogens is 250 g/mol. The smallest absolute Gasteiger partial charge is 0.302 e. The van der Waals surface area contributed by atoms with Gasteiger partial charge in [0.2, 0.25) is 0 Å². The van der Waals surface area contributed by atoms with Gasteiger partial charge in [-0.2, -0.15) is 0 Å². The van der Waals surface area contributed by atoms with Crippen LogP contribution in [0.3, 0.4) is 0 Å². The zero-order valence-electron chi connectivity index (χ0n) is 11.9. The number of unbranched alkanes of at least 4 members (excludes halogenated alkanes) is 1. The molecule has 0 aliphatic rings. The largest absolute Gasteiger partial charge is 0.462 e. The highest BCUT2D eigenvalue weighted by Gasteiger charge is 1.87. The third-order valence-electron chi connectivity index (χ3n) is 2.49. The van der Waals surface area contributed by atoms with E-state index in [1.807, 2.05) is 42.6 Å². The van der Waals surface area contributed by atoms with Gasteiger partial charge in [-0.05, 0) is 31.1 Å². The molecule has 3 nitrogen and oxygen atoms in total. The van der Waals surface area contributed by atoms with Crippen LogP contribution in [0.4, 0.5) is 0 Å². The summed E-state index contributed by atoms with van der Waals surface area (Å²) in [5.74, 6) is -0.253. The van der Waals surface area contributed by atoms with Crippen LogP contribution in [-0.4, -0.2) is 17.6 Å². The number of aromatic nitrogens is 1. The molecule has 0 aliphatic heterocycles. The normalized spacial score (nSPS) is 11.7. The van der Waals surface area contributed by atoms with Crippen molar-refractivity contribution in [1.29, 1.82) is 0 Å². The van der Waals surface area contributed by atoms with E-state index < -0.39 is 0 Å². The van der Waals surface area contributed by atoms with Crippen LogP contribution < -0.4 is 0 Å². The molecule has 0 aliphatic carbocycles. The van der Waals surface area contributed by atoms with Gasteiger partial charge in [-0.15, -0.1) is 0 Å². The molecule has 1 heterocycles. The molecular formula is C17H21NO2. The zero-order valence-corrected chi connectivity index (χ0v) is 11.9. The quantitative estimate of drug-likeness (QED) is 0.314. The Hall–Kier alpha value is -2.16. The van der Waals surface area contributed by atoms with Crippen molar-refractivity contribution in [3.05, 3.63) is 66.5 Å². The summed E-state index contributed by atoms with van der Waals surface area (Å²) in [5.41, 5.74) is 1.09. The van der Waals surface area contributed by atoms with Crippen LogP contribution in [0, 0.1) is 0 Å². The van der Waals surface area contributed by atoms with E-state index >= 15 is 0 Å². The Labute approximate surface area is 120 Å². The summed E-state index contributed by atoms with van der Waals surface area (Å²) < 4.78 is 4.77. The number of rotatable bonds is 8. The molecule has 0 radical (unpaired) electrons. The highest BCUT2D eigenvalue weighted by molar-refractivity contribution is 5.65. The van der Waals surface area contributed by atoms with Gasteiger partial charge in [0.15, 0.2) is 0 Å². The molecule has 0 atom stereocenters. The molecule has 0 spiro atoms. The minimum atomic E-state index is -0.253. The first-order chi connectivity index (χ1) is 9.79. The van der Waals surface area contributed by atoms with E-state index in [0.29, 0.717) is 6.61 Å². The van der Waals surface area contributed by atoms with Crippen molar-refractivity contribution < 1.29 is 9.53 Å². The molecule has 0 saturated heterocycles. The second kappa shape index (κ2) is 10.7. The summed E-state index contributed by atoms with van der Waals surface area (Å²) in [7, 11) is 0. The molecule has 3 heteroatoms. The number of carbonyl (C=O) groups is 1. The Kier molecular flexibility index (Phi) is 8.53. The standard InChI is InChI=1S/C17H21NO2/c1-16(19)20-15-11-7-5-3-2-4-6-8-12-17-13-9-10-14-18-17/h3,5-11,13-14H,2,4,12,15H2,1H3/b5-3+,8-6+,11-7+. The zero-order chi connectivity index (χ0) is 14.5. The highest BCUT2D eigenvalue weighted by atomic mass is 16.5. The molecule has 0 N–H and O–H groups in total. The number of esters is 1. The average molecular weight is 271 g/mol. The molecule has 1 rings (SSSR count). The second-order valence-corrected chi connectivity index (χ2v) is 4.23. The molecule has 20 heavy (non-hydrogen) atoms. The van der Waals surface area contributed by atoms with Gasteiger partial charge < -0.3 is 4.74 Å². The number of hydrogen-bond donors (Lipinski definition) is 0. The number of nitrogens with zero attached hydrogens (tertiary/aromatic N) is 1. The Morgan fingerprint density at radius 1 is 1.15 bits per heavy atom. The number of pyridine rings is 1. The van der Waals surface area contributed by atoms with Crippen molar-refractivity contribution in [3.63, 3.8) is 0 Å². The molecule has 0 saturated carbocycles. The van der Waals surface area contributed by atoms with Crippen molar-refractivity contribution in [2.45, 2.75) is 26.2 Å². The first-order valence-electron chi connectivity index (χ1n) is 6.79. The van der Waals surface area contributed by atoms with E-state index in [1.54, 1.807) is 0 Å². The molecule has 1 aromatic heterocycles. The fourth-order valence-electron chi connectivity index (χ4n) is 1.51. The maximum Gasteiger partial charge on any atom is 0.302 e. The fraction of sp³-hybridized carbons (Fsp3) is 0.294. The van der Waals surface area contributed by atoms with E-state index in [-0.39, 0.29) is 5.97 Å². The molecule has 0 amide bonds. The second-order valence-electron chi connectivity index (χ2n) is 4.23. The van der Waals surface area contributed by atoms with Gasteiger partial charge in [-0.1, -0.05) is 36.4 Å².